The summed E-state index contributed by atoms with van der Waals surface area (Å²) < 4.78 is 11.7. The van der Waals surface area contributed by atoms with Crippen LogP contribution in [0, 0.1) is 0 Å². The maximum absolute atomic E-state index is 11.6. The fourth-order valence-corrected chi connectivity index (χ4v) is 3.08. The molecule has 0 unspecified atom stereocenters. The molecule has 3 rings (SSSR count). The number of aldehydes is 2. The minimum atomic E-state index is 0.347. The lowest BCUT2D eigenvalue weighted by Gasteiger charge is -2.10. The molecular weight excluding hydrogens is 374 g/mol. The molecular formula is C18H14BrNO4. The van der Waals surface area contributed by atoms with Crippen LogP contribution in [0.3, 0.4) is 0 Å². The summed E-state index contributed by atoms with van der Waals surface area (Å²) in [6.45, 7) is 0. The largest absolute Gasteiger partial charge is 0.496 e. The molecule has 0 bridgehead atoms. The summed E-state index contributed by atoms with van der Waals surface area (Å²) in [7, 11) is 3.01. The van der Waals surface area contributed by atoms with Gasteiger partial charge in [0.1, 0.15) is 11.5 Å². The number of fused-ring (bicyclic) bond motifs is 1. The minimum absolute atomic E-state index is 0.347. The number of hydrogen-bond donors (Lipinski definition) is 1. The highest BCUT2D eigenvalue weighted by Gasteiger charge is 2.22. The second-order valence-corrected chi connectivity index (χ2v) is 6.02. The molecule has 0 spiro atoms. The van der Waals surface area contributed by atoms with E-state index in [4.69, 9.17) is 9.47 Å². The number of hydrogen-bond acceptors (Lipinski definition) is 4. The standard InChI is InChI=1S/C18H14BrNO4/c1-23-14-7-15(24-2)17-16(10-3-5-11(19)6-4-10)13(9-22)20-18(17)12(14)8-21/h3-9,20H,1-2H3. The lowest BCUT2D eigenvalue weighted by molar-refractivity contribution is 0.111. The molecule has 0 atom stereocenters. The molecule has 1 N–H and O–H groups in total. The molecule has 0 saturated carbocycles. The molecule has 2 aromatic carbocycles. The van der Waals surface area contributed by atoms with Gasteiger partial charge in [-0.25, -0.2) is 0 Å². The zero-order valence-corrected chi connectivity index (χ0v) is 14.6. The number of ether oxygens (including phenoxy) is 2. The summed E-state index contributed by atoms with van der Waals surface area (Å²) in [5.74, 6) is 0.908. The Balaban J connectivity index is 2.46. The highest BCUT2D eigenvalue weighted by Crippen LogP contribution is 2.42. The summed E-state index contributed by atoms with van der Waals surface area (Å²) >= 11 is 3.40. The Hall–Kier alpha value is -2.60. The third-order valence-electron chi connectivity index (χ3n) is 3.88. The highest BCUT2D eigenvalue weighted by molar-refractivity contribution is 9.10. The van der Waals surface area contributed by atoms with Crippen LogP contribution in [0.15, 0.2) is 34.8 Å². The number of aromatic nitrogens is 1. The molecule has 5 nitrogen and oxygen atoms in total. The molecule has 122 valence electrons. The van der Waals surface area contributed by atoms with Crippen LogP contribution in [0.25, 0.3) is 22.0 Å². The van der Waals surface area contributed by atoms with Gasteiger partial charge in [0.15, 0.2) is 12.6 Å². The predicted molar refractivity (Wildman–Crippen MR) is 95.3 cm³/mol. The predicted octanol–water partition coefficient (Wildman–Crippen LogP) is 4.24. The topological polar surface area (TPSA) is 68.4 Å². The van der Waals surface area contributed by atoms with E-state index in [1.807, 2.05) is 24.3 Å². The molecule has 0 aliphatic rings. The van der Waals surface area contributed by atoms with Gasteiger partial charge in [-0.1, -0.05) is 28.1 Å². The van der Waals surface area contributed by atoms with E-state index in [-0.39, 0.29) is 0 Å². The number of carbonyl (C=O) groups excluding carboxylic acids is 2. The van der Waals surface area contributed by atoms with Crippen molar-refractivity contribution in [3.8, 4) is 22.6 Å². The Kier molecular flexibility index (Phi) is 4.40. The summed E-state index contributed by atoms with van der Waals surface area (Å²) in [6, 6.07) is 9.21. The van der Waals surface area contributed by atoms with Crippen molar-refractivity contribution in [2.24, 2.45) is 0 Å². The third kappa shape index (κ3) is 2.49. The van der Waals surface area contributed by atoms with Crippen molar-refractivity contribution in [2.45, 2.75) is 0 Å². The SMILES string of the molecule is COc1cc(OC)c2c(-c3ccc(Br)cc3)c(C=O)[nH]c2c1C=O. The second-order valence-electron chi connectivity index (χ2n) is 5.10. The lowest BCUT2D eigenvalue weighted by atomic mass is 10.00. The number of methoxy groups -OCH3 is 2. The average Bonchev–Trinajstić information content (AvgIpc) is 3.00. The maximum Gasteiger partial charge on any atom is 0.166 e. The van der Waals surface area contributed by atoms with Crippen LogP contribution < -0.4 is 9.47 Å². The first-order chi connectivity index (χ1) is 11.6. The Labute approximate surface area is 146 Å². The smallest absolute Gasteiger partial charge is 0.166 e. The molecule has 0 aliphatic heterocycles. The average molecular weight is 388 g/mol. The van der Waals surface area contributed by atoms with E-state index >= 15 is 0 Å². The molecule has 1 heterocycles. The summed E-state index contributed by atoms with van der Waals surface area (Å²) in [5.41, 5.74) is 2.77. The maximum atomic E-state index is 11.6. The van der Waals surface area contributed by atoms with Gasteiger partial charge < -0.3 is 14.5 Å². The van der Waals surface area contributed by atoms with Crippen LogP contribution in [0.1, 0.15) is 20.8 Å². The van der Waals surface area contributed by atoms with E-state index in [0.29, 0.717) is 45.5 Å². The Bertz CT molecular complexity index is 929. The van der Waals surface area contributed by atoms with Gasteiger partial charge in [-0.2, -0.15) is 0 Å². The van der Waals surface area contributed by atoms with E-state index in [9.17, 15) is 9.59 Å². The normalized spacial score (nSPS) is 10.6. The zero-order valence-electron chi connectivity index (χ0n) is 13.1. The van der Waals surface area contributed by atoms with Gasteiger partial charge >= 0.3 is 0 Å². The number of H-pyrrole nitrogens is 1. The van der Waals surface area contributed by atoms with Gasteiger partial charge in [-0.3, -0.25) is 9.59 Å². The van der Waals surface area contributed by atoms with Crippen molar-refractivity contribution < 1.29 is 19.1 Å². The first-order valence-corrected chi connectivity index (χ1v) is 7.90. The number of carbonyl (C=O) groups is 2. The molecule has 0 fully saturated rings. The van der Waals surface area contributed by atoms with Gasteiger partial charge in [0.2, 0.25) is 0 Å². The highest BCUT2D eigenvalue weighted by atomic mass is 79.9. The van der Waals surface area contributed by atoms with E-state index in [2.05, 4.69) is 20.9 Å². The quantitative estimate of drug-likeness (QED) is 0.664. The number of benzene rings is 2. The Morgan fingerprint density at radius 2 is 1.67 bits per heavy atom. The van der Waals surface area contributed by atoms with Crippen molar-refractivity contribution in [2.75, 3.05) is 14.2 Å². The van der Waals surface area contributed by atoms with Crippen LogP contribution in [0.5, 0.6) is 11.5 Å². The lowest BCUT2D eigenvalue weighted by Crippen LogP contribution is -1.95. The summed E-state index contributed by atoms with van der Waals surface area (Å²) in [5, 5.41) is 0.671. The molecule has 6 heteroatoms. The van der Waals surface area contributed by atoms with Gasteiger partial charge in [0.05, 0.1) is 36.4 Å². The van der Waals surface area contributed by atoms with Crippen LogP contribution >= 0.6 is 15.9 Å². The first-order valence-electron chi connectivity index (χ1n) is 7.11. The van der Waals surface area contributed by atoms with Gasteiger partial charge in [-0.15, -0.1) is 0 Å². The minimum Gasteiger partial charge on any atom is -0.496 e. The fraction of sp³-hybridized carbons (Fsp3) is 0.111. The molecule has 3 aromatic rings. The second kappa shape index (κ2) is 6.49. The molecule has 24 heavy (non-hydrogen) atoms. The number of aromatic amines is 1. The third-order valence-corrected chi connectivity index (χ3v) is 4.41. The van der Waals surface area contributed by atoms with Crippen molar-refractivity contribution >= 4 is 39.4 Å². The van der Waals surface area contributed by atoms with Crippen LogP contribution in [-0.2, 0) is 0 Å². The van der Waals surface area contributed by atoms with Crippen molar-refractivity contribution in [1.82, 2.24) is 4.98 Å². The number of rotatable bonds is 5. The van der Waals surface area contributed by atoms with E-state index in [0.717, 1.165) is 16.3 Å². The summed E-state index contributed by atoms with van der Waals surface area (Å²) in [6.07, 6.45) is 1.44. The van der Waals surface area contributed by atoms with Gasteiger partial charge in [0.25, 0.3) is 0 Å². The van der Waals surface area contributed by atoms with Crippen molar-refractivity contribution in [3.63, 3.8) is 0 Å². The fourth-order valence-electron chi connectivity index (χ4n) is 2.81. The van der Waals surface area contributed by atoms with Crippen molar-refractivity contribution in [3.05, 3.63) is 46.1 Å². The van der Waals surface area contributed by atoms with Crippen molar-refractivity contribution in [1.29, 1.82) is 0 Å². The number of halogens is 1. The molecule has 0 saturated heterocycles. The van der Waals surface area contributed by atoms with Crippen LogP contribution in [-0.4, -0.2) is 31.8 Å². The van der Waals surface area contributed by atoms with E-state index in [1.165, 1.54) is 14.2 Å². The zero-order chi connectivity index (χ0) is 17.3. The molecule has 0 amide bonds. The molecule has 1 aromatic heterocycles. The molecule has 0 radical (unpaired) electrons. The molecule has 0 aliphatic carbocycles. The van der Waals surface area contributed by atoms with Crippen LogP contribution in [0.4, 0.5) is 0 Å². The van der Waals surface area contributed by atoms with Gasteiger partial charge in [0, 0.05) is 16.1 Å². The van der Waals surface area contributed by atoms with E-state index in [1.54, 1.807) is 6.07 Å². The van der Waals surface area contributed by atoms with E-state index < -0.39 is 0 Å². The Morgan fingerprint density at radius 1 is 1.00 bits per heavy atom. The monoisotopic (exact) mass is 387 g/mol. The van der Waals surface area contributed by atoms with Crippen LogP contribution in [0.2, 0.25) is 0 Å². The van der Waals surface area contributed by atoms with Gasteiger partial charge in [-0.05, 0) is 17.7 Å². The summed E-state index contributed by atoms with van der Waals surface area (Å²) in [4.78, 5) is 26.2. The first kappa shape index (κ1) is 16.3. The number of nitrogens with one attached hydrogen (secondary N) is 1. The Morgan fingerprint density at radius 3 is 2.21 bits per heavy atom.